The minimum Gasteiger partial charge on any atom is -0.380 e. The highest BCUT2D eigenvalue weighted by atomic mass is 16.5. The fraction of sp³-hybridized carbons (Fsp3) is 1.00. The van der Waals surface area contributed by atoms with E-state index in [1.54, 1.807) is 0 Å². The van der Waals surface area contributed by atoms with Crippen LogP contribution in [0.3, 0.4) is 0 Å². The van der Waals surface area contributed by atoms with E-state index in [9.17, 15) is 0 Å². The average molecular weight is 1400 g/mol. The summed E-state index contributed by atoms with van der Waals surface area (Å²) in [5.41, 5.74) is 99.4. The monoisotopic (exact) mass is 1400 g/mol. The first-order valence-electron chi connectivity index (χ1n) is 35.6. The van der Waals surface area contributed by atoms with Crippen molar-refractivity contribution in [2.24, 2.45) is 139 Å². The van der Waals surface area contributed by atoms with Gasteiger partial charge in [0.2, 0.25) is 0 Å². The second-order valence-corrected chi connectivity index (χ2v) is 26.7. The molecule has 96 heavy (non-hydrogen) atoms. The number of hydrogen-bond donors (Lipinski definition) is 18. The van der Waals surface area contributed by atoms with Gasteiger partial charge in [-0.05, 0) is 179 Å². The smallest absolute Gasteiger partial charge is 0.0668 e. The molecule has 0 aliphatic rings. The van der Waals surface area contributed by atoms with E-state index in [4.69, 9.17) is 160 Å². The van der Waals surface area contributed by atoms with Crippen molar-refractivity contribution in [3.63, 3.8) is 0 Å². The molecule has 30 nitrogen and oxygen atoms in total. The quantitative estimate of drug-likeness (QED) is 0.0295. The Labute approximate surface area is 585 Å². The molecule has 0 bridgehead atoms. The van der Waals surface area contributed by atoms with Crippen LogP contribution in [0.15, 0.2) is 0 Å². The van der Waals surface area contributed by atoms with Crippen LogP contribution in [0.2, 0.25) is 0 Å². The standard InChI is InChI=1S/C13H31N3O2.C12H29N3O2.2C11H27N3O2.C10H25N3O2.C9H23N3O2/c1-4-13(16,9-17-7-11(2)5-14)10-18-8-12(3)6-15;1-10(4-13)6-16-8-12(3,15)9-17-7-11(2)5-14;1-9(3-12)5-15-7-11(14)8-16-6-10(2)4-13;1-2-11(14,9-15-7-3-5-12)10-16-8-4-6-13;1-10(13,8-14-6-2-4-11)9-15-7-3-5-12;10-3-1-5-13-7-9(12)8-14-6-2-4-11/h11-12H,4-10,14-16H2,1-3H3;10-11H,4-9,13-15H2,1-3H3;9-11H,3-8,12-14H2,1-2H3;2-10,12-14H2,1H3;2-9,11-13H2,1H3;9H,1-8,10-12H2. The van der Waals surface area contributed by atoms with Gasteiger partial charge < -0.3 is 160 Å². The average Bonchev–Trinajstić information content (AvgIpc) is 1.27. The lowest BCUT2D eigenvalue weighted by molar-refractivity contribution is 0.00539. The molecular formula is C66H162N18O12. The summed E-state index contributed by atoms with van der Waals surface area (Å²) >= 11 is 0. The van der Waals surface area contributed by atoms with Crippen LogP contribution >= 0.6 is 0 Å². The van der Waals surface area contributed by atoms with E-state index in [-0.39, 0.29) is 17.6 Å². The highest BCUT2D eigenvalue weighted by molar-refractivity contribution is 4.84. The van der Waals surface area contributed by atoms with Crippen molar-refractivity contribution in [3.05, 3.63) is 0 Å². The minimum absolute atomic E-state index is 0.0504. The van der Waals surface area contributed by atoms with Crippen molar-refractivity contribution < 1.29 is 56.8 Å². The van der Waals surface area contributed by atoms with E-state index in [0.717, 1.165) is 51.4 Å². The van der Waals surface area contributed by atoms with E-state index >= 15 is 0 Å². The summed E-state index contributed by atoms with van der Waals surface area (Å²) in [6.45, 7) is 41.9. The van der Waals surface area contributed by atoms with Gasteiger partial charge >= 0.3 is 0 Å². The molecule has 0 aliphatic heterocycles. The topological polar surface area (TPSA) is 579 Å². The Kier molecular flexibility index (Phi) is 84.2. The van der Waals surface area contributed by atoms with Crippen molar-refractivity contribution >= 4 is 0 Å². The molecular weight excluding hydrogens is 1240 g/mol. The Balaban J connectivity index is -0.000000254. The zero-order valence-corrected chi connectivity index (χ0v) is 63.0. The Morgan fingerprint density at radius 1 is 0.250 bits per heavy atom. The number of rotatable bonds is 62. The largest absolute Gasteiger partial charge is 0.380 e. The van der Waals surface area contributed by atoms with Crippen molar-refractivity contribution in [1.29, 1.82) is 0 Å². The SMILES string of the molecule is CC(CN)COCC(C)(N)COCC(C)CN.CC(CN)COCC(N)COCC(C)CN.CC(N)(COCCCN)COCCCN.CCC(N)(COCC(C)CN)COCC(C)CN.CCC(N)(COCCCN)COCCCN.NCCCOCC(N)COCCCN. The first-order valence-corrected chi connectivity index (χ1v) is 35.6. The molecule has 0 saturated heterocycles. The van der Waals surface area contributed by atoms with Crippen LogP contribution in [0.1, 0.15) is 121 Å². The summed E-state index contributed by atoms with van der Waals surface area (Å²) in [7, 11) is 0. The van der Waals surface area contributed by atoms with Gasteiger partial charge in [-0.1, -0.05) is 55.4 Å². The van der Waals surface area contributed by atoms with Gasteiger partial charge in [-0.2, -0.15) is 0 Å². The maximum absolute atomic E-state index is 6.24. The lowest BCUT2D eigenvalue weighted by atomic mass is 10.00. The van der Waals surface area contributed by atoms with Gasteiger partial charge in [0, 0.05) is 39.6 Å². The molecule has 6 atom stereocenters. The Morgan fingerprint density at radius 2 is 0.427 bits per heavy atom. The summed E-state index contributed by atoms with van der Waals surface area (Å²) in [6.07, 6.45) is 6.87. The van der Waals surface area contributed by atoms with Crippen LogP contribution in [-0.2, 0) is 56.8 Å². The normalized spacial score (nSPS) is 15.1. The summed E-state index contributed by atoms with van der Waals surface area (Å²) in [4.78, 5) is 0. The van der Waals surface area contributed by atoms with Crippen molar-refractivity contribution in [1.82, 2.24) is 0 Å². The summed E-state index contributed by atoms with van der Waals surface area (Å²) in [6, 6.07) is -0.125. The van der Waals surface area contributed by atoms with Crippen LogP contribution in [-0.4, -0.2) is 271 Å². The van der Waals surface area contributed by atoms with Crippen LogP contribution in [0, 0.1) is 35.5 Å². The second-order valence-electron chi connectivity index (χ2n) is 26.7. The zero-order valence-electron chi connectivity index (χ0n) is 63.0. The maximum Gasteiger partial charge on any atom is 0.0668 e. The molecule has 0 amide bonds. The number of nitrogens with two attached hydrogens (primary N) is 18. The number of hydrogen-bond acceptors (Lipinski definition) is 30. The van der Waals surface area contributed by atoms with Gasteiger partial charge in [0.15, 0.2) is 0 Å². The molecule has 0 spiro atoms. The van der Waals surface area contributed by atoms with E-state index < -0.39 is 16.6 Å². The van der Waals surface area contributed by atoms with Gasteiger partial charge in [-0.15, -0.1) is 0 Å². The third kappa shape index (κ3) is 83.5. The highest BCUT2D eigenvalue weighted by Gasteiger charge is 2.26. The molecule has 0 heterocycles. The van der Waals surface area contributed by atoms with Crippen molar-refractivity contribution in [2.45, 2.75) is 155 Å². The van der Waals surface area contributed by atoms with Gasteiger partial charge in [0.25, 0.3) is 0 Å². The lowest BCUT2D eigenvalue weighted by Gasteiger charge is -2.28. The molecule has 0 rings (SSSR count). The molecule has 36 N–H and O–H groups in total. The van der Waals surface area contributed by atoms with Gasteiger partial charge in [-0.3, -0.25) is 0 Å². The fourth-order valence-corrected chi connectivity index (χ4v) is 6.58. The molecule has 0 radical (unpaired) electrons. The second kappa shape index (κ2) is 76.4. The predicted octanol–water partition coefficient (Wildman–Crippen LogP) is -1.92. The highest BCUT2D eigenvalue weighted by Crippen LogP contribution is 2.11. The fourth-order valence-electron chi connectivity index (χ4n) is 6.58. The van der Waals surface area contributed by atoms with E-state index in [2.05, 4.69) is 13.8 Å². The summed E-state index contributed by atoms with van der Waals surface area (Å²) in [5.74, 6) is 2.22. The maximum atomic E-state index is 6.24. The first-order chi connectivity index (χ1) is 45.6. The van der Waals surface area contributed by atoms with E-state index in [0.29, 0.717) is 273 Å². The molecule has 0 aliphatic carbocycles. The van der Waals surface area contributed by atoms with Crippen LogP contribution < -0.4 is 103 Å². The molecule has 0 aromatic rings. The molecule has 588 valence electrons. The Morgan fingerprint density at radius 3 is 0.646 bits per heavy atom. The third-order valence-corrected chi connectivity index (χ3v) is 13.8. The predicted molar refractivity (Wildman–Crippen MR) is 397 cm³/mol. The molecule has 0 saturated carbocycles. The minimum atomic E-state index is -0.456. The zero-order chi connectivity index (χ0) is 74.2. The lowest BCUT2D eigenvalue weighted by Crippen LogP contribution is -2.49. The van der Waals surface area contributed by atoms with Gasteiger partial charge in [-0.25, -0.2) is 0 Å². The Bertz CT molecular complexity index is 1410. The van der Waals surface area contributed by atoms with Gasteiger partial charge in [0.05, 0.1) is 153 Å². The first kappa shape index (κ1) is 106. The van der Waals surface area contributed by atoms with E-state index in [1.165, 1.54) is 0 Å². The van der Waals surface area contributed by atoms with E-state index in [1.807, 2.05) is 55.4 Å². The summed E-state index contributed by atoms with van der Waals surface area (Å²) in [5, 5.41) is 0. The Hall–Kier alpha value is -1.20. The van der Waals surface area contributed by atoms with Crippen molar-refractivity contribution in [2.75, 3.05) is 237 Å². The molecule has 0 aromatic heterocycles. The van der Waals surface area contributed by atoms with Crippen molar-refractivity contribution in [3.8, 4) is 0 Å². The van der Waals surface area contributed by atoms with Gasteiger partial charge in [0.1, 0.15) is 0 Å². The summed E-state index contributed by atoms with van der Waals surface area (Å²) < 4.78 is 65.4. The molecule has 30 heteroatoms. The number of ether oxygens (including phenoxy) is 12. The van der Waals surface area contributed by atoms with Crippen LogP contribution in [0.4, 0.5) is 0 Å². The third-order valence-electron chi connectivity index (χ3n) is 13.8. The van der Waals surface area contributed by atoms with Crippen LogP contribution in [0.5, 0.6) is 0 Å². The molecule has 0 aromatic carbocycles. The molecule has 6 unspecified atom stereocenters. The van der Waals surface area contributed by atoms with Crippen LogP contribution in [0.25, 0.3) is 0 Å². The molecule has 0 fully saturated rings.